The first-order chi connectivity index (χ1) is 9.67. The number of carbonyl (C=O) groups is 3. The molecule has 0 aliphatic rings. The van der Waals surface area contributed by atoms with E-state index < -0.39 is 34.6 Å². The van der Waals surface area contributed by atoms with E-state index in [0.717, 1.165) is 0 Å². The van der Waals surface area contributed by atoms with Gasteiger partial charge >= 0.3 is 11.9 Å². The van der Waals surface area contributed by atoms with Crippen molar-refractivity contribution in [3.63, 3.8) is 0 Å². The van der Waals surface area contributed by atoms with Gasteiger partial charge in [0.2, 0.25) is 5.91 Å². The smallest absolute Gasteiger partial charge is 0.312 e. The van der Waals surface area contributed by atoms with Crippen molar-refractivity contribution in [3.8, 4) is 0 Å². The van der Waals surface area contributed by atoms with Gasteiger partial charge in [0.05, 0.1) is 24.5 Å². The highest BCUT2D eigenvalue weighted by atomic mass is 31.0. The molecular formula is C13H25NO5P2. The Morgan fingerprint density at radius 1 is 1.00 bits per heavy atom. The van der Waals surface area contributed by atoms with Gasteiger partial charge in [0, 0.05) is 5.41 Å². The largest absolute Gasteiger partial charge is 0.466 e. The molecule has 0 rings (SSSR count). The average molecular weight is 337 g/mol. The predicted octanol–water partition coefficient (Wildman–Crippen LogP) is 0.872. The summed E-state index contributed by atoms with van der Waals surface area (Å²) in [7, 11) is 4.71. The van der Waals surface area contributed by atoms with Gasteiger partial charge in [-0.15, -0.1) is 18.5 Å². The number of primary amides is 1. The Hall–Kier alpha value is -0.730. The first-order valence-electron chi connectivity index (χ1n) is 6.82. The fraction of sp³-hybridized carbons (Fsp3) is 0.769. The number of hydrogen-bond donors (Lipinski definition) is 1. The first-order valence-corrected chi connectivity index (χ1v) is 8.15. The molecule has 0 fully saturated rings. The van der Waals surface area contributed by atoms with Crippen molar-refractivity contribution >= 4 is 36.3 Å². The second-order valence-electron chi connectivity index (χ2n) is 5.05. The molecule has 8 heteroatoms. The number of amides is 1. The maximum absolute atomic E-state index is 11.8. The van der Waals surface area contributed by atoms with Crippen LogP contribution in [0.5, 0.6) is 0 Å². The molecule has 0 spiro atoms. The highest BCUT2D eigenvalue weighted by Gasteiger charge is 2.38. The van der Waals surface area contributed by atoms with Crippen LogP contribution in [0.3, 0.4) is 0 Å². The molecule has 0 bridgehead atoms. The third-order valence-electron chi connectivity index (χ3n) is 3.11. The van der Waals surface area contributed by atoms with Crippen LogP contribution in [0.15, 0.2) is 0 Å². The molecular weight excluding hydrogens is 312 g/mol. The van der Waals surface area contributed by atoms with Gasteiger partial charge in [0.1, 0.15) is 0 Å². The number of hydrogen-bond acceptors (Lipinski definition) is 5. The standard InChI is InChI=1S/C13H25NO5P2/c1-4-18-10(15)8(20)6-13(3,12(14)17)7-9(21)11(16)19-5-2/h8-9H,4-7,20-21H2,1-3H3,(H2,14,17). The Labute approximate surface area is 130 Å². The van der Waals surface area contributed by atoms with Crippen LogP contribution >= 0.6 is 18.5 Å². The SMILES string of the molecule is CCOC(=O)C(P)CC(C)(CC(P)C(=O)OCC)C(N)=O. The molecule has 4 unspecified atom stereocenters. The number of ether oxygens (including phenoxy) is 2. The molecule has 0 radical (unpaired) electrons. The van der Waals surface area contributed by atoms with Crippen LogP contribution in [0.25, 0.3) is 0 Å². The summed E-state index contributed by atoms with van der Waals surface area (Å²) in [6.45, 7) is 5.60. The van der Waals surface area contributed by atoms with E-state index in [9.17, 15) is 14.4 Å². The molecule has 0 saturated carbocycles. The number of esters is 2. The van der Waals surface area contributed by atoms with E-state index >= 15 is 0 Å². The molecule has 0 aromatic rings. The Morgan fingerprint density at radius 2 is 1.33 bits per heavy atom. The summed E-state index contributed by atoms with van der Waals surface area (Å²) in [5, 5.41) is 0. The zero-order valence-electron chi connectivity index (χ0n) is 12.8. The van der Waals surface area contributed by atoms with Gasteiger partial charge in [0.25, 0.3) is 0 Å². The van der Waals surface area contributed by atoms with Crippen molar-refractivity contribution in [1.29, 1.82) is 0 Å². The maximum atomic E-state index is 11.8. The highest BCUT2D eigenvalue weighted by Crippen LogP contribution is 2.34. The van der Waals surface area contributed by atoms with E-state index in [-0.39, 0.29) is 26.1 Å². The lowest BCUT2D eigenvalue weighted by atomic mass is 9.80. The molecule has 4 atom stereocenters. The lowest BCUT2D eigenvalue weighted by Gasteiger charge is -2.30. The fourth-order valence-electron chi connectivity index (χ4n) is 1.92. The minimum atomic E-state index is -1.00. The Bertz CT molecular complexity index is 363. The van der Waals surface area contributed by atoms with Gasteiger partial charge in [0.15, 0.2) is 0 Å². The predicted molar refractivity (Wildman–Crippen MR) is 86.8 cm³/mol. The molecule has 0 aliphatic carbocycles. The maximum Gasteiger partial charge on any atom is 0.312 e. The fourth-order valence-corrected chi connectivity index (χ4v) is 3.15. The lowest BCUT2D eigenvalue weighted by molar-refractivity contribution is -0.144. The van der Waals surface area contributed by atoms with E-state index in [1.807, 2.05) is 0 Å². The van der Waals surface area contributed by atoms with E-state index in [0.29, 0.717) is 0 Å². The summed E-state index contributed by atoms with van der Waals surface area (Å²) in [4.78, 5) is 35.1. The summed E-state index contributed by atoms with van der Waals surface area (Å²) in [5.41, 5.74) is 3.34. The summed E-state index contributed by atoms with van der Waals surface area (Å²) in [5.74, 6) is -1.38. The van der Waals surface area contributed by atoms with Crippen molar-refractivity contribution in [3.05, 3.63) is 0 Å². The summed E-state index contributed by atoms with van der Waals surface area (Å²) in [6.07, 6.45) is 0.381. The third kappa shape index (κ3) is 6.71. The van der Waals surface area contributed by atoms with E-state index in [1.54, 1.807) is 20.8 Å². The average Bonchev–Trinajstić information content (AvgIpc) is 2.38. The molecule has 0 saturated heterocycles. The number of nitrogens with two attached hydrogens (primary N) is 1. The molecule has 0 aliphatic heterocycles. The van der Waals surface area contributed by atoms with Gasteiger partial charge in [-0.05, 0) is 26.7 Å². The van der Waals surface area contributed by atoms with Crippen molar-refractivity contribution in [1.82, 2.24) is 0 Å². The Kier molecular flexibility index (Phi) is 9.00. The first kappa shape index (κ1) is 20.3. The minimum Gasteiger partial charge on any atom is -0.466 e. The Balaban J connectivity index is 4.88. The van der Waals surface area contributed by atoms with Crippen molar-refractivity contribution < 1.29 is 23.9 Å². The summed E-state index contributed by atoms with van der Waals surface area (Å²) in [6, 6.07) is 0. The number of rotatable bonds is 9. The van der Waals surface area contributed by atoms with Crippen molar-refractivity contribution in [2.45, 2.75) is 44.9 Å². The third-order valence-corrected chi connectivity index (χ3v) is 4.13. The zero-order valence-corrected chi connectivity index (χ0v) is 15.1. The van der Waals surface area contributed by atoms with Crippen molar-refractivity contribution in [2.24, 2.45) is 11.1 Å². The van der Waals surface area contributed by atoms with E-state index in [2.05, 4.69) is 18.5 Å². The lowest BCUT2D eigenvalue weighted by Crippen LogP contribution is -2.41. The Morgan fingerprint density at radius 3 is 1.57 bits per heavy atom. The van der Waals surface area contributed by atoms with Gasteiger partial charge in [-0.3, -0.25) is 14.4 Å². The van der Waals surface area contributed by atoms with Crippen LogP contribution in [0.2, 0.25) is 0 Å². The van der Waals surface area contributed by atoms with Gasteiger partial charge in [-0.2, -0.15) is 0 Å². The van der Waals surface area contributed by atoms with Crippen LogP contribution in [-0.2, 0) is 23.9 Å². The second-order valence-corrected chi connectivity index (χ2v) is 6.66. The van der Waals surface area contributed by atoms with Gasteiger partial charge in [-0.25, -0.2) is 0 Å². The monoisotopic (exact) mass is 337 g/mol. The molecule has 6 nitrogen and oxygen atoms in total. The van der Waals surface area contributed by atoms with Crippen molar-refractivity contribution in [2.75, 3.05) is 13.2 Å². The molecule has 122 valence electrons. The van der Waals surface area contributed by atoms with Crippen LogP contribution < -0.4 is 5.73 Å². The quantitative estimate of drug-likeness (QED) is 0.497. The summed E-state index contributed by atoms with van der Waals surface area (Å²) >= 11 is 0. The molecule has 2 N–H and O–H groups in total. The molecule has 21 heavy (non-hydrogen) atoms. The molecule has 0 aromatic heterocycles. The van der Waals surface area contributed by atoms with Gasteiger partial charge < -0.3 is 15.2 Å². The van der Waals surface area contributed by atoms with Crippen LogP contribution in [0.1, 0.15) is 33.6 Å². The molecule has 1 amide bonds. The van der Waals surface area contributed by atoms with E-state index in [4.69, 9.17) is 15.2 Å². The minimum absolute atomic E-state index is 0.191. The molecule has 0 aromatic carbocycles. The van der Waals surface area contributed by atoms with E-state index in [1.165, 1.54) is 0 Å². The summed E-state index contributed by atoms with van der Waals surface area (Å²) < 4.78 is 9.82. The topological polar surface area (TPSA) is 95.7 Å². The second kappa shape index (κ2) is 9.32. The normalized spacial score (nSPS) is 16.4. The van der Waals surface area contributed by atoms with Crippen LogP contribution in [0, 0.1) is 5.41 Å². The van der Waals surface area contributed by atoms with Crippen LogP contribution in [0.4, 0.5) is 0 Å². The van der Waals surface area contributed by atoms with Crippen LogP contribution in [-0.4, -0.2) is 42.4 Å². The zero-order chi connectivity index (χ0) is 16.6. The highest BCUT2D eigenvalue weighted by molar-refractivity contribution is 7.19. The van der Waals surface area contributed by atoms with Gasteiger partial charge in [-0.1, -0.05) is 6.92 Å². The number of carbonyl (C=O) groups excluding carboxylic acids is 3. The molecule has 0 heterocycles.